The first-order valence-electron chi connectivity index (χ1n) is 10.5. The average Bonchev–Trinajstić information content (AvgIpc) is 3.36. The molecule has 3 aromatic rings. The molecule has 0 atom stereocenters. The molecule has 2 aliphatic heterocycles. The van der Waals surface area contributed by atoms with E-state index in [-0.39, 0.29) is 11.7 Å². The van der Waals surface area contributed by atoms with Crippen molar-refractivity contribution in [1.29, 1.82) is 0 Å². The Kier molecular flexibility index (Phi) is 5.52. The summed E-state index contributed by atoms with van der Waals surface area (Å²) in [6.45, 7) is 5.52. The minimum absolute atomic E-state index is 0.144. The van der Waals surface area contributed by atoms with E-state index in [1.807, 2.05) is 10.7 Å². The molecule has 0 bridgehead atoms. The van der Waals surface area contributed by atoms with E-state index in [0.717, 1.165) is 43.0 Å². The monoisotopic (exact) mass is 425 g/mol. The number of hydrogen-bond acceptors (Lipinski definition) is 6. The fraction of sp³-hybridized carbons (Fsp3) is 0.409. The summed E-state index contributed by atoms with van der Waals surface area (Å²) >= 11 is 0. The van der Waals surface area contributed by atoms with E-state index in [1.165, 1.54) is 12.1 Å². The van der Waals surface area contributed by atoms with E-state index in [2.05, 4.69) is 15.2 Å². The molecule has 9 heteroatoms. The number of aromatic nitrogens is 3. The smallest absolute Gasteiger partial charge is 0.276 e. The Labute approximate surface area is 179 Å². The van der Waals surface area contributed by atoms with Crippen LogP contribution in [0.4, 0.5) is 4.39 Å². The lowest BCUT2D eigenvalue weighted by Crippen LogP contribution is -2.35. The minimum Gasteiger partial charge on any atom is -0.379 e. The maximum Gasteiger partial charge on any atom is 0.276 e. The molecule has 8 nitrogen and oxygen atoms in total. The zero-order chi connectivity index (χ0) is 21.2. The van der Waals surface area contributed by atoms with Gasteiger partial charge in [-0.3, -0.25) is 14.4 Å². The molecule has 0 saturated carbocycles. The summed E-state index contributed by atoms with van der Waals surface area (Å²) < 4.78 is 25.9. The molecule has 162 valence electrons. The molecule has 0 radical (unpaired) electrons. The van der Waals surface area contributed by atoms with Crippen molar-refractivity contribution in [3.63, 3.8) is 0 Å². The molecule has 4 heterocycles. The van der Waals surface area contributed by atoms with E-state index >= 15 is 0 Å². The van der Waals surface area contributed by atoms with E-state index in [4.69, 9.17) is 9.26 Å². The van der Waals surface area contributed by atoms with Gasteiger partial charge >= 0.3 is 0 Å². The number of nitrogens with zero attached hydrogens (tertiary/aromatic N) is 5. The van der Waals surface area contributed by atoms with Gasteiger partial charge in [0.25, 0.3) is 5.91 Å². The molecular formula is C22H24FN5O3. The highest BCUT2D eigenvalue weighted by atomic mass is 19.1. The van der Waals surface area contributed by atoms with Crippen molar-refractivity contribution in [2.75, 3.05) is 32.8 Å². The molecular weight excluding hydrogens is 401 g/mol. The van der Waals surface area contributed by atoms with E-state index in [1.54, 1.807) is 23.1 Å². The highest BCUT2D eigenvalue weighted by Crippen LogP contribution is 2.23. The van der Waals surface area contributed by atoms with Crippen LogP contribution in [0.15, 0.2) is 40.9 Å². The molecule has 1 aromatic carbocycles. The first-order valence-corrected chi connectivity index (χ1v) is 10.5. The Morgan fingerprint density at radius 1 is 1.06 bits per heavy atom. The quantitative estimate of drug-likeness (QED) is 0.640. The van der Waals surface area contributed by atoms with Crippen molar-refractivity contribution < 1.29 is 18.4 Å². The second-order valence-corrected chi connectivity index (χ2v) is 7.90. The van der Waals surface area contributed by atoms with Gasteiger partial charge in [-0.2, -0.15) is 5.10 Å². The first kappa shape index (κ1) is 19.9. The van der Waals surface area contributed by atoms with Crippen LogP contribution in [0.3, 0.4) is 0 Å². The number of ether oxygens (including phenoxy) is 1. The van der Waals surface area contributed by atoms with Gasteiger partial charge in [-0.25, -0.2) is 4.39 Å². The minimum atomic E-state index is -0.276. The Hall–Kier alpha value is -3.04. The highest BCUT2D eigenvalue weighted by Gasteiger charge is 2.25. The van der Waals surface area contributed by atoms with Gasteiger partial charge in [-0.15, -0.1) is 0 Å². The third-order valence-corrected chi connectivity index (χ3v) is 5.70. The summed E-state index contributed by atoms with van der Waals surface area (Å²) in [6.07, 6.45) is 0.793. The fourth-order valence-corrected chi connectivity index (χ4v) is 4.03. The van der Waals surface area contributed by atoms with E-state index < -0.39 is 0 Å². The Balaban J connectivity index is 1.29. The maximum absolute atomic E-state index is 13.2. The Morgan fingerprint density at radius 3 is 2.68 bits per heavy atom. The number of carbonyl (C=O) groups excluding carboxylic acids is 1. The number of rotatable bonds is 4. The SMILES string of the molecule is O=C(c1cc(CN2CCOCC2)on1)N1CCCn2nc(-c3ccc(F)cc3)cc2C1. The summed E-state index contributed by atoms with van der Waals surface area (Å²) in [5.41, 5.74) is 2.90. The number of amides is 1. The van der Waals surface area contributed by atoms with Gasteiger partial charge in [0, 0.05) is 37.8 Å². The lowest BCUT2D eigenvalue weighted by atomic mass is 10.1. The number of morpholine rings is 1. The van der Waals surface area contributed by atoms with E-state index in [0.29, 0.717) is 44.3 Å². The molecule has 2 aliphatic rings. The molecule has 1 saturated heterocycles. The second-order valence-electron chi connectivity index (χ2n) is 7.90. The summed E-state index contributed by atoms with van der Waals surface area (Å²) in [5, 5.41) is 8.68. The number of carbonyl (C=O) groups is 1. The van der Waals surface area contributed by atoms with E-state index in [9.17, 15) is 9.18 Å². The van der Waals surface area contributed by atoms with Gasteiger partial charge in [0.05, 0.1) is 37.7 Å². The van der Waals surface area contributed by atoms with Crippen LogP contribution in [0, 0.1) is 5.82 Å². The van der Waals surface area contributed by atoms with Gasteiger partial charge in [-0.05, 0) is 36.8 Å². The zero-order valence-corrected chi connectivity index (χ0v) is 17.2. The van der Waals surface area contributed by atoms with Gasteiger partial charge in [0.2, 0.25) is 0 Å². The van der Waals surface area contributed by atoms with Crippen molar-refractivity contribution in [2.45, 2.75) is 26.1 Å². The number of benzene rings is 1. The Bertz CT molecular complexity index is 1060. The van der Waals surface area contributed by atoms with Crippen molar-refractivity contribution in [1.82, 2.24) is 24.7 Å². The summed E-state index contributed by atoms with van der Waals surface area (Å²) in [5.74, 6) is 0.264. The van der Waals surface area contributed by atoms with Crippen LogP contribution in [-0.2, 0) is 24.4 Å². The Morgan fingerprint density at radius 2 is 1.87 bits per heavy atom. The normalized spacial score (nSPS) is 17.4. The number of fused-ring (bicyclic) bond motifs is 1. The van der Waals surface area contributed by atoms with Crippen LogP contribution in [0.25, 0.3) is 11.3 Å². The van der Waals surface area contributed by atoms with Crippen molar-refractivity contribution >= 4 is 5.91 Å². The zero-order valence-electron chi connectivity index (χ0n) is 17.2. The number of hydrogen-bond donors (Lipinski definition) is 0. The molecule has 31 heavy (non-hydrogen) atoms. The fourth-order valence-electron chi connectivity index (χ4n) is 4.03. The van der Waals surface area contributed by atoms with Crippen LogP contribution in [-0.4, -0.2) is 63.5 Å². The largest absolute Gasteiger partial charge is 0.379 e. The number of halogens is 1. The van der Waals surface area contributed by atoms with Crippen LogP contribution >= 0.6 is 0 Å². The lowest BCUT2D eigenvalue weighted by molar-refractivity contribution is 0.0305. The molecule has 0 aliphatic carbocycles. The first-order chi connectivity index (χ1) is 15.2. The predicted molar refractivity (Wildman–Crippen MR) is 110 cm³/mol. The van der Waals surface area contributed by atoms with Crippen molar-refractivity contribution in [3.05, 3.63) is 59.4 Å². The van der Waals surface area contributed by atoms with Gasteiger partial charge in [0.15, 0.2) is 11.5 Å². The van der Waals surface area contributed by atoms with Gasteiger partial charge in [0.1, 0.15) is 5.82 Å². The van der Waals surface area contributed by atoms with Crippen LogP contribution < -0.4 is 0 Å². The topological polar surface area (TPSA) is 76.6 Å². The third-order valence-electron chi connectivity index (χ3n) is 5.70. The van der Waals surface area contributed by atoms with Crippen molar-refractivity contribution in [2.24, 2.45) is 0 Å². The lowest BCUT2D eigenvalue weighted by Gasteiger charge is -2.25. The highest BCUT2D eigenvalue weighted by molar-refractivity contribution is 5.92. The number of aryl methyl sites for hydroxylation is 1. The van der Waals surface area contributed by atoms with Gasteiger partial charge in [-0.1, -0.05) is 5.16 Å². The molecule has 5 rings (SSSR count). The summed E-state index contributed by atoms with van der Waals surface area (Å²) in [7, 11) is 0. The van der Waals surface area contributed by atoms with Crippen LogP contribution in [0.2, 0.25) is 0 Å². The molecule has 0 unspecified atom stereocenters. The molecule has 1 fully saturated rings. The predicted octanol–water partition coefficient (Wildman–Crippen LogP) is 2.56. The standard InChI is InChI=1S/C22H24FN5O3/c23-17-4-2-16(3-5-17)20-12-18-14-27(6-1-7-28(18)24-20)22(29)21-13-19(31-25-21)15-26-8-10-30-11-9-26/h2-5,12-13H,1,6-11,14-15H2. The van der Waals surface area contributed by atoms with Gasteiger partial charge < -0.3 is 14.2 Å². The summed E-state index contributed by atoms with van der Waals surface area (Å²) in [6, 6.07) is 9.98. The van der Waals surface area contributed by atoms with Crippen molar-refractivity contribution in [3.8, 4) is 11.3 Å². The third kappa shape index (κ3) is 4.38. The van der Waals surface area contributed by atoms with Crippen LogP contribution in [0.1, 0.15) is 28.4 Å². The summed E-state index contributed by atoms with van der Waals surface area (Å²) in [4.78, 5) is 17.1. The average molecular weight is 425 g/mol. The molecule has 0 N–H and O–H groups in total. The molecule has 1 amide bonds. The van der Waals surface area contributed by atoms with Crippen LogP contribution in [0.5, 0.6) is 0 Å². The molecule has 0 spiro atoms. The molecule has 2 aromatic heterocycles. The maximum atomic E-state index is 13.2. The second kappa shape index (κ2) is 8.60.